The molecule has 0 bridgehead atoms. The second-order valence-electron chi connectivity index (χ2n) is 3.76. The third-order valence-electron chi connectivity index (χ3n) is 2.06. The van der Waals surface area contributed by atoms with Crippen LogP contribution in [0.5, 0.6) is 0 Å². The van der Waals surface area contributed by atoms with Crippen molar-refractivity contribution in [1.82, 2.24) is 0 Å². The molecule has 18 heavy (non-hydrogen) atoms. The number of benzene rings is 1. The summed E-state index contributed by atoms with van der Waals surface area (Å²) in [5.41, 5.74) is 6.16. The van der Waals surface area contributed by atoms with E-state index in [2.05, 4.69) is 4.72 Å². The number of rotatable bonds is 5. The quantitative estimate of drug-likeness (QED) is 0.814. The Morgan fingerprint density at radius 2 is 1.72 bits per heavy atom. The van der Waals surface area contributed by atoms with Crippen LogP contribution < -0.4 is 10.5 Å². The summed E-state index contributed by atoms with van der Waals surface area (Å²) in [6, 6.07) is 5.87. The zero-order valence-electron chi connectivity index (χ0n) is 9.37. The van der Waals surface area contributed by atoms with E-state index < -0.39 is 34.8 Å². The molecule has 0 spiro atoms. The van der Waals surface area contributed by atoms with Crippen molar-refractivity contribution in [3.05, 3.63) is 24.3 Å². The molecular weight excluding hydrogens is 269 g/mol. The Balaban J connectivity index is 2.52. The number of hydrogen-bond donors (Lipinski definition) is 2. The van der Waals surface area contributed by atoms with E-state index in [1.165, 1.54) is 24.3 Å². The highest BCUT2D eigenvalue weighted by atomic mass is 32.2. The number of alkyl halides is 3. The standard InChI is InChI=1S/C10H13F3N2O2S/c11-10(12,13)6-1-7-18(16,17)15-9-4-2-8(14)3-5-9/h2-5,15H,1,6-7,14H2. The average Bonchev–Trinajstić information content (AvgIpc) is 2.18. The van der Waals surface area contributed by atoms with E-state index >= 15 is 0 Å². The lowest BCUT2D eigenvalue weighted by molar-refractivity contribution is -0.134. The normalized spacial score (nSPS) is 12.4. The van der Waals surface area contributed by atoms with Crippen LogP contribution in [0.3, 0.4) is 0 Å². The zero-order chi connectivity index (χ0) is 13.8. The summed E-state index contributed by atoms with van der Waals surface area (Å²) in [4.78, 5) is 0. The predicted octanol–water partition coefficient (Wildman–Crippen LogP) is 2.35. The smallest absolute Gasteiger partial charge is 0.389 e. The fraction of sp³-hybridized carbons (Fsp3) is 0.400. The Morgan fingerprint density at radius 1 is 1.17 bits per heavy atom. The summed E-state index contributed by atoms with van der Waals surface area (Å²) in [6.07, 6.45) is -5.92. The molecule has 0 unspecified atom stereocenters. The Morgan fingerprint density at radius 3 is 2.22 bits per heavy atom. The summed E-state index contributed by atoms with van der Waals surface area (Å²) in [6.45, 7) is 0. The lowest BCUT2D eigenvalue weighted by Crippen LogP contribution is -2.18. The lowest BCUT2D eigenvalue weighted by Gasteiger charge is -2.09. The summed E-state index contributed by atoms with van der Waals surface area (Å²) in [5.74, 6) is -0.573. The van der Waals surface area contributed by atoms with E-state index in [4.69, 9.17) is 5.73 Å². The second-order valence-corrected chi connectivity index (χ2v) is 5.60. The van der Waals surface area contributed by atoms with Crippen molar-refractivity contribution in [3.63, 3.8) is 0 Å². The number of nitrogens with two attached hydrogens (primary N) is 1. The van der Waals surface area contributed by atoms with E-state index in [0.29, 0.717) is 5.69 Å². The first-order valence-electron chi connectivity index (χ1n) is 5.11. The summed E-state index contributed by atoms with van der Waals surface area (Å²) < 4.78 is 60.7. The van der Waals surface area contributed by atoms with E-state index in [9.17, 15) is 21.6 Å². The molecule has 0 aromatic heterocycles. The van der Waals surface area contributed by atoms with Gasteiger partial charge >= 0.3 is 6.18 Å². The van der Waals surface area contributed by atoms with E-state index in [-0.39, 0.29) is 5.69 Å². The summed E-state index contributed by atoms with van der Waals surface area (Å²) >= 11 is 0. The first kappa shape index (κ1) is 14.6. The number of sulfonamides is 1. The lowest BCUT2D eigenvalue weighted by atomic mass is 10.3. The van der Waals surface area contributed by atoms with Gasteiger partial charge in [0, 0.05) is 17.8 Å². The van der Waals surface area contributed by atoms with Crippen LogP contribution >= 0.6 is 0 Å². The average molecular weight is 282 g/mol. The Hall–Kier alpha value is -1.44. The summed E-state index contributed by atoms with van der Waals surface area (Å²) in [7, 11) is -3.76. The highest BCUT2D eigenvalue weighted by Gasteiger charge is 2.27. The maximum Gasteiger partial charge on any atom is 0.389 e. The third-order valence-corrected chi connectivity index (χ3v) is 3.43. The molecule has 8 heteroatoms. The van der Waals surface area contributed by atoms with Gasteiger partial charge in [0.1, 0.15) is 0 Å². The van der Waals surface area contributed by atoms with Gasteiger partial charge < -0.3 is 5.73 Å². The maximum atomic E-state index is 11.9. The number of nitrogens with one attached hydrogen (secondary N) is 1. The fourth-order valence-electron chi connectivity index (χ4n) is 1.24. The topological polar surface area (TPSA) is 72.2 Å². The molecule has 1 aromatic rings. The Bertz CT molecular complexity index is 483. The van der Waals surface area contributed by atoms with Gasteiger partial charge in [-0.25, -0.2) is 8.42 Å². The first-order valence-corrected chi connectivity index (χ1v) is 6.76. The molecule has 0 amide bonds. The van der Waals surface area contributed by atoms with Crippen LogP contribution in [0.2, 0.25) is 0 Å². The first-order chi connectivity index (χ1) is 8.18. The molecule has 3 N–H and O–H groups in total. The molecule has 1 aromatic carbocycles. The molecule has 102 valence electrons. The van der Waals surface area contributed by atoms with Gasteiger partial charge in [-0.15, -0.1) is 0 Å². The molecule has 0 saturated heterocycles. The number of hydrogen-bond acceptors (Lipinski definition) is 3. The van der Waals surface area contributed by atoms with Gasteiger partial charge in [0.05, 0.1) is 5.75 Å². The minimum Gasteiger partial charge on any atom is -0.399 e. The molecule has 0 aliphatic carbocycles. The van der Waals surface area contributed by atoms with Crippen LogP contribution in [-0.4, -0.2) is 20.3 Å². The molecule has 0 heterocycles. The minimum atomic E-state index is -4.34. The Kier molecular flexibility index (Phi) is 4.44. The molecule has 0 radical (unpaired) electrons. The molecular formula is C10H13F3N2O2S. The highest BCUT2D eigenvalue weighted by Crippen LogP contribution is 2.22. The van der Waals surface area contributed by atoms with Crippen LogP contribution in [0.15, 0.2) is 24.3 Å². The van der Waals surface area contributed by atoms with Gasteiger partial charge in [-0.05, 0) is 30.7 Å². The van der Waals surface area contributed by atoms with Crippen molar-refractivity contribution in [2.45, 2.75) is 19.0 Å². The maximum absolute atomic E-state index is 11.9. The highest BCUT2D eigenvalue weighted by molar-refractivity contribution is 7.92. The van der Waals surface area contributed by atoms with Crippen LogP contribution in [0.4, 0.5) is 24.5 Å². The van der Waals surface area contributed by atoms with Gasteiger partial charge in [0.2, 0.25) is 10.0 Å². The zero-order valence-corrected chi connectivity index (χ0v) is 10.2. The van der Waals surface area contributed by atoms with Crippen molar-refractivity contribution >= 4 is 21.4 Å². The third kappa shape index (κ3) is 5.76. The van der Waals surface area contributed by atoms with Crippen LogP contribution in [-0.2, 0) is 10.0 Å². The molecule has 1 rings (SSSR count). The molecule has 4 nitrogen and oxygen atoms in total. The molecule has 0 aliphatic rings. The van der Waals surface area contributed by atoms with Gasteiger partial charge in [-0.1, -0.05) is 0 Å². The van der Waals surface area contributed by atoms with Crippen LogP contribution in [0.25, 0.3) is 0 Å². The minimum absolute atomic E-state index is 0.274. The SMILES string of the molecule is Nc1ccc(NS(=O)(=O)CCCC(F)(F)F)cc1. The van der Waals surface area contributed by atoms with Gasteiger partial charge in [-0.2, -0.15) is 13.2 Å². The van der Waals surface area contributed by atoms with Crippen molar-refractivity contribution in [2.24, 2.45) is 0 Å². The number of nitrogen functional groups attached to an aromatic ring is 1. The van der Waals surface area contributed by atoms with Crippen LogP contribution in [0, 0.1) is 0 Å². The molecule has 0 fully saturated rings. The molecule has 0 saturated carbocycles. The van der Waals surface area contributed by atoms with E-state index in [1.54, 1.807) is 0 Å². The van der Waals surface area contributed by atoms with Crippen molar-refractivity contribution < 1.29 is 21.6 Å². The van der Waals surface area contributed by atoms with Crippen molar-refractivity contribution in [1.29, 1.82) is 0 Å². The monoisotopic (exact) mass is 282 g/mol. The van der Waals surface area contributed by atoms with E-state index in [1.807, 2.05) is 0 Å². The van der Waals surface area contributed by atoms with Gasteiger partial charge in [0.25, 0.3) is 0 Å². The number of halogens is 3. The molecule has 0 aliphatic heterocycles. The Labute approximate surface area is 103 Å². The molecule has 0 atom stereocenters. The predicted molar refractivity (Wildman–Crippen MR) is 63.6 cm³/mol. The van der Waals surface area contributed by atoms with Crippen LogP contribution in [0.1, 0.15) is 12.8 Å². The fourth-order valence-corrected chi connectivity index (χ4v) is 2.37. The summed E-state index contributed by atoms with van der Waals surface area (Å²) in [5, 5.41) is 0. The largest absolute Gasteiger partial charge is 0.399 e. The van der Waals surface area contributed by atoms with E-state index in [0.717, 1.165) is 0 Å². The second kappa shape index (κ2) is 5.47. The van der Waals surface area contributed by atoms with Crippen molar-refractivity contribution in [2.75, 3.05) is 16.2 Å². The number of anilines is 2. The van der Waals surface area contributed by atoms with Gasteiger partial charge in [-0.3, -0.25) is 4.72 Å². The van der Waals surface area contributed by atoms with Gasteiger partial charge in [0.15, 0.2) is 0 Å². The van der Waals surface area contributed by atoms with Crippen molar-refractivity contribution in [3.8, 4) is 0 Å².